The number of rotatable bonds is 2. The predicted octanol–water partition coefficient (Wildman–Crippen LogP) is 3.66. The second kappa shape index (κ2) is 5.63. The minimum atomic E-state index is -0.626. The zero-order chi connectivity index (χ0) is 19.8. The van der Waals surface area contributed by atoms with Crippen LogP contribution in [0.2, 0.25) is 0 Å². The van der Waals surface area contributed by atoms with Crippen molar-refractivity contribution in [2.24, 2.45) is 23.7 Å². The van der Waals surface area contributed by atoms with Gasteiger partial charge in [-0.05, 0) is 91.2 Å². The van der Waals surface area contributed by atoms with Crippen molar-refractivity contribution in [2.45, 2.75) is 37.5 Å². The lowest BCUT2D eigenvalue weighted by atomic mass is 9.42. The van der Waals surface area contributed by atoms with Gasteiger partial charge in [0, 0.05) is 5.41 Å². The van der Waals surface area contributed by atoms with Gasteiger partial charge in [0.1, 0.15) is 0 Å². The van der Waals surface area contributed by atoms with Crippen LogP contribution in [0.25, 0.3) is 0 Å². The van der Waals surface area contributed by atoms with Gasteiger partial charge in [0.25, 0.3) is 0 Å². The van der Waals surface area contributed by atoms with Crippen molar-refractivity contribution < 1.29 is 30.6 Å². The van der Waals surface area contributed by atoms with Gasteiger partial charge >= 0.3 is 0 Å². The van der Waals surface area contributed by atoms with E-state index < -0.39 is 39.9 Å². The quantitative estimate of drug-likeness (QED) is 0.440. The van der Waals surface area contributed by atoms with Crippen LogP contribution in [0.3, 0.4) is 0 Å². The highest BCUT2D eigenvalue weighted by Gasteiger charge is 2.59. The minimum absolute atomic E-state index is 0.218. The van der Waals surface area contributed by atoms with Crippen molar-refractivity contribution in [2.75, 3.05) is 0 Å². The Kier molecular flexibility index (Phi) is 3.49. The first-order valence-corrected chi connectivity index (χ1v) is 9.81. The van der Waals surface area contributed by atoms with Gasteiger partial charge in [-0.3, -0.25) is 0 Å². The van der Waals surface area contributed by atoms with E-state index in [1.54, 1.807) is 0 Å². The lowest BCUT2D eigenvalue weighted by Crippen LogP contribution is -2.56. The summed E-state index contributed by atoms with van der Waals surface area (Å²) in [5.74, 6) is -0.954. The van der Waals surface area contributed by atoms with E-state index >= 15 is 0 Å². The molecule has 4 saturated carbocycles. The molecule has 0 aromatic heterocycles. The van der Waals surface area contributed by atoms with Crippen LogP contribution in [0.15, 0.2) is 24.3 Å². The highest BCUT2D eigenvalue weighted by atomic mass is 16.3. The Bertz CT molecular complexity index is 832. The zero-order valence-electron chi connectivity index (χ0n) is 15.3. The predicted molar refractivity (Wildman–Crippen MR) is 101 cm³/mol. The molecular formula is C22H24O6. The van der Waals surface area contributed by atoms with Crippen LogP contribution in [-0.4, -0.2) is 30.6 Å². The molecule has 0 spiro atoms. The van der Waals surface area contributed by atoms with Crippen molar-refractivity contribution in [3.63, 3.8) is 0 Å². The molecule has 6 nitrogen and oxygen atoms in total. The first kappa shape index (κ1) is 17.3. The minimum Gasteiger partial charge on any atom is -0.504 e. The van der Waals surface area contributed by atoms with Gasteiger partial charge in [-0.2, -0.15) is 0 Å². The van der Waals surface area contributed by atoms with Crippen molar-refractivity contribution in [1.29, 1.82) is 0 Å². The van der Waals surface area contributed by atoms with Gasteiger partial charge in [0.2, 0.25) is 0 Å². The third kappa shape index (κ3) is 2.14. The highest BCUT2D eigenvalue weighted by Crippen LogP contribution is 2.66. The average Bonchev–Trinajstić information content (AvgIpc) is 2.63. The van der Waals surface area contributed by atoms with E-state index in [4.69, 9.17) is 0 Å². The monoisotopic (exact) mass is 384 g/mol. The van der Waals surface area contributed by atoms with Gasteiger partial charge in [-0.25, -0.2) is 0 Å². The molecular weight excluding hydrogens is 360 g/mol. The topological polar surface area (TPSA) is 121 Å². The molecule has 4 aliphatic carbocycles. The summed E-state index contributed by atoms with van der Waals surface area (Å²) in [6.07, 6.45) is 5.23. The molecule has 28 heavy (non-hydrogen) atoms. The Morgan fingerprint density at radius 2 is 0.857 bits per heavy atom. The number of benzene rings is 2. The lowest BCUT2D eigenvalue weighted by molar-refractivity contribution is -0.0421. The largest absolute Gasteiger partial charge is 0.504 e. The molecule has 0 heterocycles. The van der Waals surface area contributed by atoms with Crippen LogP contribution in [0, 0.1) is 23.7 Å². The summed E-state index contributed by atoms with van der Waals surface area (Å²) in [6, 6.07) is 5.94. The van der Waals surface area contributed by atoms with E-state index in [0.29, 0.717) is 23.0 Å². The molecule has 0 amide bonds. The summed E-state index contributed by atoms with van der Waals surface area (Å²) in [6.45, 7) is 0. The number of phenolic OH excluding ortho intramolecular Hbond substituents is 6. The Balaban J connectivity index is 1.79. The van der Waals surface area contributed by atoms with E-state index in [1.807, 2.05) is 0 Å². The molecule has 148 valence electrons. The van der Waals surface area contributed by atoms with Crippen LogP contribution in [0.1, 0.15) is 43.2 Å². The second-order valence-corrected chi connectivity index (χ2v) is 8.90. The molecule has 6 N–H and O–H groups in total. The maximum atomic E-state index is 10.2. The summed E-state index contributed by atoms with van der Waals surface area (Å²) < 4.78 is 0. The van der Waals surface area contributed by atoms with E-state index in [1.165, 1.54) is 30.7 Å². The lowest BCUT2D eigenvalue weighted by Gasteiger charge is -2.62. The summed E-state index contributed by atoms with van der Waals surface area (Å²) in [7, 11) is 0. The molecule has 0 aliphatic heterocycles. The van der Waals surface area contributed by atoms with Gasteiger partial charge < -0.3 is 30.6 Å². The first-order chi connectivity index (χ1) is 13.3. The maximum Gasteiger partial charge on any atom is 0.200 e. The standard InChI is InChI=1S/C22H24O6/c23-16-6-14(7-17(24)20(16)27)22(15-8-18(25)21(28)19(26)9-15)12-2-10-1-11(4-12)5-13(22)3-10/h6-13,23-28H,1-5H2. The zero-order valence-corrected chi connectivity index (χ0v) is 15.3. The molecule has 2 aromatic rings. The van der Waals surface area contributed by atoms with Gasteiger partial charge in [0.05, 0.1) is 0 Å². The van der Waals surface area contributed by atoms with E-state index in [2.05, 4.69) is 0 Å². The third-order valence-electron chi connectivity index (χ3n) is 7.52. The van der Waals surface area contributed by atoms with Crippen molar-refractivity contribution in [3.8, 4) is 34.5 Å². The van der Waals surface area contributed by atoms with Crippen LogP contribution in [0.5, 0.6) is 34.5 Å². The SMILES string of the molecule is Oc1cc(C2(c3cc(O)c(O)c(O)c3)C3CC4CC(C3)CC2C4)cc(O)c1O. The van der Waals surface area contributed by atoms with Crippen molar-refractivity contribution in [3.05, 3.63) is 35.4 Å². The van der Waals surface area contributed by atoms with Crippen LogP contribution in [-0.2, 0) is 5.41 Å². The molecule has 4 fully saturated rings. The Labute approximate surface area is 162 Å². The molecule has 6 rings (SSSR count). The van der Waals surface area contributed by atoms with Crippen LogP contribution in [0.4, 0.5) is 0 Å². The summed E-state index contributed by atoms with van der Waals surface area (Å²) in [4.78, 5) is 0. The van der Waals surface area contributed by atoms with Gasteiger partial charge in [-0.15, -0.1) is 0 Å². The van der Waals surface area contributed by atoms with Crippen molar-refractivity contribution in [1.82, 2.24) is 0 Å². The Hall–Kier alpha value is -2.76. The van der Waals surface area contributed by atoms with E-state index in [-0.39, 0.29) is 11.8 Å². The third-order valence-corrected chi connectivity index (χ3v) is 7.52. The highest BCUT2D eigenvalue weighted by molar-refractivity contribution is 5.60. The molecule has 6 heteroatoms. The van der Waals surface area contributed by atoms with E-state index in [9.17, 15) is 30.6 Å². The molecule has 0 atom stereocenters. The maximum absolute atomic E-state index is 10.2. The van der Waals surface area contributed by atoms with E-state index in [0.717, 1.165) is 25.7 Å². The molecule has 2 aromatic carbocycles. The Morgan fingerprint density at radius 3 is 1.18 bits per heavy atom. The Morgan fingerprint density at radius 1 is 0.536 bits per heavy atom. The van der Waals surface area contributed by atoms with Gasteiger partial charge in [0.15, 0.2) is 34.5 Å². The molecule has 0 saturated heterocycles. The fourth-order valence-corrected chi connectivity index (χ4v) is 6.72. The fourth-order valence-electron chi connectivity index (χ4n) is 6.72. The fraction of sp³-hybridized carbons (Fsp3) is 0.455. The second-order valence-electron chi connectivity index (χ2n) is 8.90. The number of hydrogen-bond acceptors (Lipinski definition) is 6. The van der Waals surface area contributed by atoms with Crippen LogP contribution >= 0.6 is 0 Å². The normalized spacial score (nSPS) is 29.9. The summed E-state index contributed by atoms with van der Waals surface area (Å²) in [5, 5.41) is 60.5. The summed E-state index contributed by atoms with van der Waals surface area (Å²) in [5.41, 5.74) is 0.704. The number of phenols is 6. The van der Waals surface area contributed by atoms with Crippen molar-refractivity contribution >= 4 is 0 Å². The smallest absolute Gasteiger partial charge is 0.200 e. The number of hydrogen-bond donors (Lipinski definition) is 6. The van der Waals surface area contributed by atoms with Gasteiger partial charge in [-0.1, -0.05) is 0 Å². The molecule has 0 radical (unpaired) electrons. The van der Waals surface area contributed by atoms with Crippen LogP contribution < -0.4 is 0 Å². The first-order valence-electron chi connectivity index (χ1n) is 9.81. The summed E-state index contributed by atoms with van der Waals surface area (Å²) >= 11 is 0. The average molecular weight is 384 g/mol. The molecule has 4 aliphatic rings. The molecule has 4 bridgehead atoms. The molecule has 0 unspecified atom stereocenters. The number of aromatic hydroxyl groups is 6.